The van der Waals surface area contributed by atoms with Crippen LogP contribution in [0.25, 0.3) is 21.2 Å². The Bertz CT molecular complexity index is 1550. The number of likely N-dealkylation sites (tertiary alicyclic amines) is 2. The van der Waals surface area contributed by atoms with Gasteiger partial charge in [-0.1, -0.05) is 30.3 Å². The molecule has 0 unspecified atom stereocenters. The second-order valence-corrected chi connectivity index (χ2v) is 14.0. The van der Waals surface area contributed by atoms with Crippen molar-refractivity contribution in [1.82, 2.24) is 14.7 Å². The Kier molecular flexibility index (Phi) is 7.19. The molecule has 2 aromatic carbocycles. The summed E-state index contributed by atoms with van der Waals surface area (Å²) in [4.78, 5) is 39.6. The first-order chi connectivity index (χ1) is 20.3. The summed E-state index contributed by atoms with van der Waals surface area (Å²) in [5, 5.41) is 10.7. The van der Waals surface area contributed by atoms with Crippen molar-refractivity contribution in [3.63, 3.8) is 0 Å². The van der Waals surface area contributed by atoms with Crippen LogP contribution in [0.4, 0.5) is 0 Å². The van der Waals surface area contributed by atoms with E-state index in [1.165, 1.54) is 26.1 Å². The van der Waals surface area contributed by atoms with Gasteiger partial charge >= 0.3 is 0 Å². The van der Waals surface area contributed by atoms with Gasteiger partial charge in [0.1, 0.15) is 11.4 Å². The lowest BCUT2D eigenvalue weighted by Gasteiger charge is -2.36. The Morgan fingerprint density at radius 2 is 1.71 bits per heavy atom. The zero-order valence-electron chi connectivity index (χ0n) is 24.6. The quantitative estimate of drug-likeness (QED) is 0.431. The average Bonchev–Trinajstić information content (AvgIpc) is 3.62. The Morgan fingerprint density at radius 1 is 1.00 bits per heavy atom. The third-order valence-corrected chi connectivity index (χ3v) is 11.1. The van der Waals surface area contributed by atoms with E-state index in [1.54, 1.807) is 0 Å². The fraction of sp³-hybridized carbons (Fsp3) is 0.500. The van der Waals surface area contributed by atoms with E-state index in [-0.39, 0.29) is 24.3 Å². The summed E-state index contributed by atoms with van der Waals surface area (Å²) in [5.41, 5.74) is 3.92. The molecule has 2 amide bonds. The van der Waals surface area contributed by atoms with Crippen molar-refractivity contribution < 1.29 is 14.7 Å². The molecule has 4 heterocycles. The molecule has 1 aromatic heterocycles. The zero-order valence-corrected chi connectivity index (χ0v) is 25.5. The number of carbonyl (C=O) groups excluding carboxylic acids is 2. The molecule has 1 N–H and O–H groups in total. The number of aliphatic hydroxyl groups excluding tert-OH is 1. The van der Waals surface area contributed by atoms with Gasteiger partial charge in [0.2, 0.25) is 5.91 Å². The van der Waals surface area contributed by atoms with E-state index >= 15 is 0 Å². The summed E-state index contributed by atoms with van der Waals surface area (Å²) in [6.07, 6.45) is 4.30. The van der Waals surface area contributed by atoms with E-state index in [4.69, 9.17) is 4.99 Å². The molecule has 2 saturated heterocycles. The number of aliphatic imine (C=N–C) groups is 1. The number of piperidine rings is 1. The van der Waals surface area contributed by atoms with Crippen LogP contribution in [0.1, 0.15) is 48.1 Å². The number of rotatable bonds is 7. The van der Waals surface area contributed by atoms with Crippen molar-refractivity contribution in [2.45, 2.75) is 51.5 Å². The molecule has 3 aliphatic heterocycles. The first-order valence-electron chi connectivity index (χ1n) is 15.5. The molecule has 42 heavy (non-hydrogen) atoms. The van der Waals surface area contributed by atoms with Gasteiger partial charge in [0, 0.05) is 60.3 Å². The van der Waals surface area contributed by atoms with Crippen molar-refractivity contribution in [3.8, 4) is 11.1 Å². The molecule has 1 atom stereocenters. The monoisotopic (exact) mass is 584 g/mol. The highest BCUT2D eigenvalue weighted by molar-refractivity contribution is 7.19. The first kappa shape index (κ1) is 27.7. The highest BCUT2D eigenvalue weighted by Crippen LogP contribution is 2.38. The molecule has 1 spiro atoms. The van der Waals surface area contributed by atoms with Crippen molar-refractivity contribution in [3.05, 3.63) is 58.5 Å². The van der Waals surface area contributed by atoms with Crippen LogP contribution in [0.3, 0.4) is 0 Å². The fourth-order valence-corrected chi connectivity index (χ4v) is 8.08. The number of thiophene rings is 1. The van der Waals surface area contributed by atoms with Gasteiger partial charge in [-0.3, -0.25) is 19.5 Å². The van der Waals surface area contributed by atoms with Crippen LogP contribution < -0.4 is 0 Å². The molecular weight excluding hydrogens is 544 g/mol. The number of aryl methyl sites for hydroxylation is 2. The van der Waals surface area contributed by atoms with E-state index in [9.17, 15) is 14.7 Å². The number of nitrogens with zero attached hydrogens (tertiary/aromatic N) is 4. The van der Waals surface area contributed by atoms with E-state index in [1.807, 2.05) is 21.1 Å². The second-order valence-electron chi connectivity index (χ2n) is 12.7. The maximum absolute atomic E-state index is 14.2. The van der Waals surface area contributed by atoms with Crippen LogP contribution in [0.5, 0.6) is 0 Å². The summed E-state index contributed by atoms with van der Waals surface area (Å²) < 4.78 is 1.32. The minimum absolute atomic E-state index is 0.103. The number of β-amino-alcohol motifs (C(OH)–C–C–N with tert-alkyl or cyclic N) is 1. The highest BCUT2D eigenvalue weighted by Gasteiger charge is 2.50. The first-order valence-corrected chi connectivity index (χ1v) is 16.3. The Morgan fingerprint density at radius 3 is 2.43 bits per heavy atom. The molecule has 8 heteroatoms. The minimum atomic E-state index is -0.735. The topological polar surface area (TPSA) is 76.5 Å². The van der Waals surface area contributed by atoms with Crippen molar-refractivity contribution in [2.75, 3.05) is 45.9 Å². The van der Waals surface area contributed by atoms with Crippen LogP contribution in [-0.4, -0.2) is 88.9 Å². The number of aliphatic hydroxyl groups is 1. The number of hydrogen-bond acceptors (Lipinski definition) is 6. The Balaban J connectivity index is 1.16. The number of benzene rings is 2. The van der Waals surface area contributed by atoms with Gasteiger partial charge in [0.05, 0.1) is 6.61 Å². The van der Waals surface area contributed by atoms with Gasteiger partial charge in [-0.05, 0) is 86.1 Å². The van der Waals surface area contributed by atoms with Gasteiger partial charge in [-0.25, -0.2) is 0 Å². The molecular formula is C34H40N4O3S. The largest absolute Gasteiger partial charge is 0.395 e. The van der Waals surface area contributed by atoms with Crippen LogP contribution in [-0.2, 0) is 9.59 Å². The lowest BCUT2D eigenvalue weighted by atomic mass is 9.87. The smallest absolute Gasteiger partial charge is 0.256 e. The molecule has 3 aromatic rings. The summed E-state index contributed by atoms with van der Waals surface area (Å²) in [5.74, 6) is 1.66. The zero-order chi connectivity index (χ0) is 29.0. The Hall–Kier alpha value is -3.07. The summed E-state index contributed by atoms with van der Waals surface area (Å²) in [7, 11) is 0. The van der Waals surface area contributed by atoms with E-state index in [0.717, 1.165) is 62.4 Å². The number of amides is 2. The average molecular weight is 585 g/mol. The lowest BCUT2D eigenvalue weighted by Crippen LogP contribution is -2.51. The van der Waals surface area contributed by atoms with Gasteiger partial charge in [0.15, 0.2) is 0 Å². The molecule has 1 aliphatic carbocycles. The van der Waals surface area contributed by atoms with Crippen molar-refractivity contribution in [2.24, 2.45) is 16.8 Å². The van der Waals surface area contributed by atoms with E-state index in [2.05, 4.69) is 61.2 Å². The fourth-order valence-electron chi connectivity index (χ4n) is 7.02. The third-order valence-electron chi connectivity index (χ3n) is 9.93. The highest BCUT2D eigenvalue weighted by atomic mass is 32.1. The second kappa shape index (κ2) is 10.9. The van der Waals surface area contributed by atoms with Gasteiger partial charge in [0.25, 0.3) is 5.91 Å². The molecule has 0 bridgehead atoms. The number of hydrogen-bond donors (Lipinski definition) is 1. The predicted molar refractivity (Wildman–Crippen MR) is 168 cm³/mol. The van der Waals surface area contributed by atoms with Crippen molar-refractivity contribution >= 4 is 39.1 Å². The molecule has 0 radical (unpaired) electrons. The lowest BCUT2D eigenvalue weighted by molar-refractivity contribution is -0.133. The molecule has 7 nitrogen and oxygen atoms in total. The van der Waals surface area contributed by atoms with E-state index < -0.39 is 5.54 Å². The van der Waals surface area contributed by atoms with Crippen LogP contribution >= 0.6 is 11.3 Å². The standard InChI is InChI=1S/C34H40N4O3S/c1-22-23(2)42-30-10-9-28(19-29(22)30)25-3-5-26(6-4-25)31-35-34(12-15-36(16-13-34)17-18-39)33(41)38(31)21-24-11-14-37(20-24)32(40)27-7-8-27/h3-6,9-10,19,24,27,39H,7-8,11-18,20-21H2,1-2H3/t24-/m1/s1. The summed E-state index contributed by atoms with van der Waals surface area (Å²) in [6.45, 7) is 8.77. The predicted octanol–water partition coefficient (Wildman–Crippen LogP) is 4.86. The van der Waals surface area contributed by atoms with Gasteiger partial charge < -0.3 is 14.9 Å². The molecule has 4 aliphatic rings. The van der Waals surface area contributed by atoms with Gasteiger partial charge in [-0.2, -0.15) is 0 Å². The van der Waals surface area contributed by atoms with Gasteiger partial charge in [-0.15, -0.1) is 11.3 Å². The SMILES string of the molecule is Cc1sc2ccc(-c3ccc(C4=NC5(CCN(CCO)CC5)C(=O)N4C[C@@H]4CCN(C(=O)C5CC5)C4)cc3)cc2c1C. The number of carbonyl (C=O) groups is 2. The Labute approximate surface area is 251 Å². The number of fused-ring (bicyclic) bond motifs is 1. The summed E-state index contributed by atoms with van der Waals surface area (Å²) in [6, 6.07) is 15.2. The summed E-state index contributed by atoms with van der Waals surface area (Å²) >= 11 is 1.84. The molecule has 1 saturated carbocycles. The molecule has 7 rings (SSSR count). The van der Waals surface area contributed by atoms with Crippen LogP contribution in [0.15, 0.2) is 47.5 Å². The molecule has 3 fully saturated rings. The maximum Gasteiger partial charge on any atom is 0.256 e. The minimum Gasteiger partial charge on any atom is -0.395 e. The molecule has 220 valence electrons. The number of amidine groups is 1. The van der Waals surface area contributed by atoms with E-state index in [0.29, 0.717) is 31.8 Å². The van der Waals surface area contributed by atoms with Crippen molar-refractivity contribution in [1.29, 1.82) is 0 Å². The van der Waals surface area contributed by atoms with Crippen LogP contribution in [0, 0.1) is 25.7 Å². The normalized spacial score (nSPS) is 22.5. The van der Waals surface area contributed by atoms with Crippen LogP contribution in [0.2, 0.25) is 0 Å². The maximum atomic E-state index is 14.2. The third kappa shape index (κ3) is 4.97.